The largest absolute Gasteiger partial charge is 0.386 e. The van der Waals surface area contributed by atoms with Crippen LogP contribution < -0.4 is 5.32 Å². The summed E-state index contributed by atoms with van der Waals surface area (Å²) in [7, 11) is 0. The number of halogens is 1. The topological polar surface area (TPSA) is 65.1 Å². The molecule has 5 heteroatoms. The first-order valence-electron chi connectivity index (χ1n) is 6.79. The quantitative estimate of drug-likeness (QED) is 0.810. The third-order valence-corrected chi connectivity index (χ3v) is 3.42. The number of carbonyl (C=O) groups excluding carboxylic acids is 1. The molecule has 2 atom stereocenters. The van der Waals surface area contributed by atoms with Crippen LogP contribution in [0.25, 0.3) is 0 Å². The second kappa shape index (κ2) is 6.10. The lowest BCUT2D eigenvalue weighted by Gasteiger charge is -2.20. The number of aromatic amines is 1. The number of aliphatic hydroxyl groups excluding tert-OH is 1. The second-order valence-corrected chi connectivity index (χ2v) is 5.27. The number of aryl methyl sites for hydroxylation is 2. The average Bonchev–Trinajstić information content (AvgIpc) is 2.77. The van der Waals surface area contributed by atoms with Gasteiger partial charge in [0, 0.05) is 5.69 Å². The van der Waals surface area contributed by atoms with Gasteiger partial charge in [0.05, 0.1) is 12.1 Å². The summed E-state index contributed by atoms with van der Waals surface area (Å²) < 4.78 is 12.9. The molecule has 0 saturated heterocycles. The highest BCUT2D eigenvalue weighted by molar-refractivity contribution is 5.94. The van der Waals surface area contributed by atoms with Crippen molar-refractivity contribution in [3.63, 3.8) is 0 Å². The van der Waals surface area contributed by atoms with Crippen molar-refractivity contribution < 1.29 is 14.3 Å². The molecule has 0 radical (unpaired) electrons. The maximum Gasteiger partial charge on any atom is 0.268 e. The fraction of sp³-hybridized carbons (Fsp3) is 0.312. The molecule has 2 rings (SSSR count). The number of hydrogen-bond acceptors (Lipinski definition) is 2. The predicted molar refractivity (Wildman–Crippen MR) is 78.6 cm³/mol. The van der Waals surface area contributed by atoms with E-state index in [0.717, 1.165) is 11.3 Å². The molecule has 0 bridgehead atoms. The molecule has 1 amide bonds. The summed E-state index contributed by atoms with van der Waals surface area (Å²) in [5.41, 5.74) is 2.81. The molecule has 1 aromatic heterocycles. The molecule has 1 heterocycles. The van der Waals surface area contributed by atoms with Gasteiger partial charge in [0.2, 0.25) is 0 Å². The molecule has 112 valence electrons. The van der Waals surface area contributed by atoms with E-state index in [2.05, 4.69) is 10.3 Å². The van der Waals surface area contributed by atoms with E-state index in [0.29, 0.717) is 11.3 Å². The smallest absolute Gasteiger partial charge is 0.268 e. The number of hydrogen-bond donors (Lipinski definition) is 3. The van der Waals surface area contributed by atoms with E-state index in [1.165, 1.54) is 24.3 Å². The average molecular weight is 290 g/mol. The minimum atomic E-state index is -0.897. The van der Waals surface area contributed by atoms with Crippen molar-refractivity contribution in [2.75, 3.05) is 0 Å². The molecule has 0 aliphatic carbocycles. The fourth-order valence-electron chi connectivity index (χ4n) is 2.27. The summed E-state index contributed by atoms with van der Waals surface area (Å²) in [5, 5.41) is 13.0. The highest BCUT2D eigenvalue weighted by Crippen LogP contribution is 2.18. The minimum absolute atomic E-state index is 0.269. The van der Waals surface area contributed by atoms with Gasteiger partial charge >= 0.3 is 0 Å². The number of H-pyrrole nitrogens is 1. The van der Waals surface area contributed by atoms with Gasteiger partial charge in [-0.2, -0.15) is 0 Å². The number of aromatic nitrogens is 1. The number of amides is 1. The Bertz CT molecular complexity index is 634. The zero-order chi connectivity index (χ0) is 15.6. The lowest BCUT2D eigenvalue weighted by Crippen LogP contribution is -2.37. The highest BCUT2D eigenvalue weighted by atomic mass is 19.1. The van der Waals surface area contributed by atoms with Crippen LogP contribution in [0.2, 0.25) is 0 Å². The number of benzene rings is 1. The van der Waals surface area contributed by atoms with Crippen molar-refractivity contribution in [3.05, 3.63) is 58.7 Å². The first-order valence-corrected chi connectivity index (χ1v) is 6.79. The first-order chi connectivity index (χ1) is 9.88. The van der Waals surface area contributed by atoms with Crippen LogP contribution in [0.1, 0.15) is 40.3 Å². The van der Waals surface area contributed by atoms with E-state index in [-0.39, 0.29) is 11.7 Å². The van der Waals surface area contributed by atoms with Crippen molar-refractivity contribution in [1.82, 2.24) is 10.3 Å². The van der Waals surface area contributed by atoms with Gasteiger partial charge in [0.1, 0.15) is 11.5 Å². The molecule has 0 saturated carbocycles. The number of rotatable bonds is 4. The molecule has 0 aliphatic heterocycles. The van der Waals surface area contributed by atoms with E-state index >= 15 is 0 Å². The molecule has 21 heavy (non-hydrogen) atoms. The minimum Gasteiger partial charge on any atom is -0.386 e. The van der Waals surface area contributed by atoms with Crippen molar-refractivity contribution in [2.24, 2.45) is 0 Å². The van der Waals surface area contributed by atoms with E-state index in [9.17, 15) is 14.3 Å². The van der Waals surface area contributed by atoms with Crippen LogP contribution in [0.3, 0.4) is 0 Å². The Morgan fingerprint density at radius 3 is 2.43 bits per heavy atom. The second-order valence-electron chi connectivity index (χ2n) is 5.27. The van der Waals surface area contributed by atoms with Crippen LogP contribution in [-0.4, -0.2) is 22.0 Å². The molecule has 0 aliphatic rings. The van der Waals surface area contributed by atoms with Crippen molar-refractivity contribution >= 4 is 5.91 Å². The van der Waals surface area contributed by atoms with Gasteiger partial charge in [-0.1, -0.05) is 12.1 Å². The van der Waals surface area contributed by atoms with E-state index in [1.807, 2.05) is 19.9 Å². The lowest BCUT2D eigenvalue weighted by atomic mass is 10.0. The molecular formula is C16H19FN2O2. The van der Waals surface area contributed by atoms with Crippen LogP contribution in [0, 0.1) is 19.7 Å². The Kier molecular flexibility index (Phi) is 4.43. The van der Waals surface area contributed by atoms with Gasteiger partial charge in [-0.15, -0.1) is 0 Å². The zero-order valence-electron chi connectivity index (χ0n) is 12.3. The summed E-state index contributed by atoms with van der Waals surface area (Å²) in [6, 6.07) is 6.97. The van der Waals surface area contributed by atoms with Gasteiger partial charge in [0.25, 0.3) is 5.91 Å². The summed E-state index contributed by atoms with van der Waals surface area (Å²) in [4.78, 5) is 15.2. The zero-order valence-corrected chi connectivity index (χ0v) is 12.3. The lowest BCUT2D eigenvalue weighted by molar-refractivity contribution is 0.0847. The van der Waals surface area contributed by atoms with Gasteiger partial charge in [-0.25, -0.2) is 4.39 Å². The summed E-state index contributed by atoms with van der Waals surface area (Å²) in [6.07, 6.45) is -0.897. The van der Waals surface area contributed by atoms with E-state index in [4.69, 9.17) is 0 Å². The first kappa shape index (κ1) is 15.3. The SMILES string of the molecule is Cc1cc(C)c(C(=O)NC(C)C(O)c2ccc(F)cc2)[nH]1. The Labute approximate surface area is 123 Å². The van der Waals surface area contributed by atoms with Crippen LogP contribution in [-0.2, 0) is 0 Å². The fourth-order valence-corrected chi connectivity index (χ4v) is 2.27. The third kappa shape index (κ3) is 3.49. The molecule has 2 unspecified atom stereocenters. The molecule has 0 spiro atoms. The van der Waals surface area contributed by atoms with E-state index in [1.54, 1.807) is 6.92 Å². The maximum absolute atomic E-state index is 12.9. The molecule has 3 N–H and O–H groups in total. The maximum atomic E-state index is 12.9. The normalized spacial score (nSPS) is 13.8. The van der Waals surface area contributed by atoms with Crippen molar-refractivity contribution in [2.45, 2.75) is 32.9 Å². The summed E-state index contributed by atoms with van der Waals surface area (Å²) >= 11 is 0. The van der Waals surface area contributed by atoms with Crippen molar-refractivity contribution in [3.8, 4) is 0 Å². The molecule has 4 nitrogen and oxygen atoms in total. The number of carbonyl (C=O) groups is 1. The van der Waals surface area contributed by atoms with Gasteiger partial charge < -0.3 is 15.4 Å². The van der Waals surface area contributed by atoms with Gasteiger partial charge in [-0.3, -0.25) is 4.79 Å². The summed E-state index contributed by atoms with van der Waals surface area (Å²) in [5.74, 6) is -0.630. The third-order valence-electron chi connectivity index (χ3n) is 3.42. The van der Waals surface area contributed by atoms with Crippen LogP contribution in [0.4, 0.5) is 4.39 Å². The Morgan fingerprint density at radius 2 is 1.90 bits per heavy atom. The van der Waals surface area contributed by atoms with Gasteiger partial charge in [-0.05, 0) is 50.1 Å². The standard InChI is InChI=1S/C16H19FN2O2/c1-9-8-10(2)18-14(9)16(21)19-11(3)15(20)12-4-6-13(17)7-5-12/h4-8,11,15,18,20H,1-3H3,(H,19,21). The van der Waals surface area contributed by atoms with E-state index < -0.39 is 12.1 Å². The van der Waals surface area contributed by atoms with Crippen LogP contribution in [0.5, 0.6) is 0 Å². The summed E-state index contributed by atoms with van der Waals surface area (Å²) in [6.45, 7) is 5.43. The van der Waals surface area contributed by atoms with Crippen molar-refractivity contribution in [1.29, 1.82) is 0 Å². The van der Waals surface area contributed by atoms with Crippen LogP contribution >= 0.6 is 0 Å². The molecule has 2 aromatic rings. The molecule has 0 fully saturated rings. The number of aliphatic hydroxyl groups is 1. The predicted octanol–water partition coefficient (Wildman–Crippen LogP) is 2.62. The molecular weight excluding hydrogens is 271 g/mol. The monoisotopic (exact) mass is 290 g/mol. The van der Waals surface area contributed by atoms with Crippen LogP contribution in [0.15, 0.2) is 30.3 Å². The Morgan fingerprint density at radius 1 is 1.29 bits per heavy atom. The number of nitrogens with one attached hydrogen (secondary N) is 2. The molecule has 1 aromatic carbocycles. The Balaban J connectivity index is 2.06. The Hall–Kier alpha value is -2.14. The highest BCUT2D eigenvalue weighted by Gasteiger charge is 2.20. The van der Waals surface area contributed by atoms with Gasteiger partial charge in [0.15, 0.2) is 0 Å².